The van der Waals surface area contributed by atoms with Gasteiger partial charge in [0.2, 0.25) is 0 Å². The van der Waals surface area contributed by atoms with E-state index in [1.807, 2.05) is 6.08 Å². The zero-order chi connectivity index (χ0) is 25.0. The maximum atomic E-state index is 13.5. The van der Waals surface area contributed by atoms with E-state index in [-0.39, 0.29) is 40.4 Å². The molecule has 0 bridgehead atoms. The van der Waals surface area contributed by atoms with Gasteiger partial charge in [-0.3, -0.25) is 9.00 Å². The van der Waals surface area contributed by atoms with Gasteiger partial charge in [-0.25, -0.2) is 9.07 Å². The van der Waals surface area contributed by atoms with E-state index < -0.39 is 10.8 Å². The molecule has 1 amide bonds. The van der Waals surface area contributed by atoms with E-state index >= 15 is 0 Å². The summed E-state index contributed by atoms with van der Waals surface area (Å²) in [5.41, 5.74) is 3.93. The summed E-state index contributed by atoms with van der Waals surface area (Å²) in [6.45, 7) is 0. The number of aromatic nitrogens is 2. The Labute approximate surface area is 221 Å². The van der Waals surface area contributed by atoms with Crippen LogP contribution in [0.2, 0.25) is 10.0 Å². The summed E-state index contributed by atoms with van der Waals surface area (Å²) in [5, 5.41) is 8.80. The molecule has 2 aliphatic carbocycles. The average molecular weight is 544 g/mol. The molecular weight excluding hydrogens is 520 g/mol. The molecule has 3 aliphatic rings. The summed E-state index contributed by atoms with van der Waals surface area (Å²) >= 11 is 12.7. The molecule has 1 aliphatic heterocycles. The third-order valence-electron chi connectivity index (χ3n) is 7.57. The largest absolute Gasteiger partial charge is 0.347 e. The van der Waals surface area contributed by atoms with Crippen LogP contribution in [0.4, 0.5) is 4.39 Å². The van der Waals surface area contributed by atoms with Crippen molar-refractivity contribution in [1.82, 2.24) is 15.1 Å². The lowest BCUT2D eigenvalue weighted by Gasteiger charge is -2.19. The summed E-state index contributed by atoms with van der Waals surface area (Å²) in [6.07, 6.45) is 7.60. The van der Waals surface area contributed by atoms with Gasteiger partial charge in [0.15, 0.2) is 5.69 Å². The maximum Gasteiger partial charge on any atom is 0.272 e. The third kappa shape index (κ3) is 4.31. The first-order chi connectivity index (χ1) is 17.3. The lowest BCUT2D eigenvalue weighted by molar-refractivity contribution is 0.0939. The van der Waals surface area contributed by atoms with E-state index in [1.54, 1.807) is 35.0 Å². The molecule has 5 nitrogen and oxygen atoms in total. The molecule has 2 unspecified atom stereocenters. The molecule has 186 valence electrons. The SMILES string of the molecule is O=C(NC1CC12CCCC2)c1nn(-c2ccc(Cl)cc2Cl)c2c1CS(=O)C/C2=C\c1ccc(F)cc1. The molecule has 9 heteroatoms. The summed E-state index contributed by atoms with van der Waals surface area (Å²) in [7, 11) is -1.22. The monoisotopic (exact) mass is 543 g/mol. The highest BCUT2D eigenvalue weighted by Gasteiger charge is 2.56. The van der Waals surface area contributed by atoms with E-state index in [1.165, 1.54) is 25.0 Å². The number of amides is 1. The average Bonchev–Trinajstić information content (AvgIpc) is 3.15. The van der Waals surface area contributed by atoms with Gasteiger partial charge in [-0.05, 0) is 72.2 Å². The zero-order valence-corrected chi connectivity index (χ0v) is 21.7. The topological polar surface area (TPSA) is 64.0 Å². The second-order valence-electron chi connectivity index (χ2n) is 9.93. The number of carbonyl (C=O) groups excluding carboxylic acids is 1. The number of nitrogens with one attached hydrogen (secondary N) is 1. The molecule has 1 aromatic heterocycles. The van der Waals surface area contributed by atoms with Gasteiger partial charge in [-0.2, -0.15) is 5.10 Å². The molecule has 1 N–H and O–H groups in total. The lowest BCUT2D eigenvalue weighted by Crippen LogP contribution is -2.30. The fourth-order valence-corrected chi connectivity index (χ4v) is 7.41. The lowest BCUT2D eigenvalue weighted by atomic mass is 10.0. The second kappa shape index (κ2) is 9.12. The van der Waals surface area contributed by atoms with E-state index in [9.17, 15) is 13.4 Å². The summed E-state index contributed by atoms with van der Waals surface area (Å²) in [4.78, 5) is 13.5. The minimum Gasteiger partial charge on any atom is -0.347 e. The first-order valence-electron chi connectivity index (χ1n) is 12.0. The Hall–Kier alpha value is -2.48. The number of nitrogens with zero attached hydrogens (tertiary/aromatic N) is 2. The number of carbonyl (C=O) groups is 1. The van der Waals surface area contributed by atoms with Gasteiger partial charge in [0.1, 0.15) is 5.82 Å². The number of rotatable bonds is 4. The molecule has 2 fully saturated rings. The summed E-state index contributed by atoms with van der Waals surface area (Å²) in [6, 6.07) is 11.4. The van der Waals surface area contributed by atoms with E-state index in [2.05, 4.69) is 5.32 Å². The molecule has 2 atom stereocenters. The normalized spacial score (nSPS) is 23.1. The van der Waals surface area contributed by atoms with Crippen molar-refractivity contribution in [3.63, 3.8) is 0 Å². The van der Waals surface area contributed by atoms with E-state index in [0.717, 1.165) is 30.4 Å². The fraction of sp³-hybridized carbons (Fsp3) is 0.333. The highest BCUT2D eigenvalue weighted by molar-refractivity contribution is 7.84. The van der Waals surface area contributed by atoms with E-state index in [4.69, 9.17) is 28.3 Å². The van der Waals surface area contributed by atoms with Gasteiger partial charge in [-0.1, -0.05) is 48.2 Å². The van der Waals surface area contributed by atoms with Crippen LogP contribution >= 0.6 is 23.2 Å². The van der Waals surface area contributed by atoms with Crippen molar-refractivity contribution in [2.45, 2.75) is 43.9 Å². The minimum atomic E-state index is -1.22. The molecule has 36 heavy (non-hydrogen) atoms. The van der Waals surface area contributed by atoms with Crippen LogP contribution in [-0.4, -0.2) is 31.7 Å². The van der Waals surface area contributed by atoms with Gasteiger partial charge < -0.3 is 5.32 Å². The Morgan fingerprint density at radius 2 is 1.89 bits per heavy atom. The Kier molecular flexibility index (Phi) is 6.05. The van der Waals surface area contributed by atoms with Gasteiger partial charge in [-0.15, -0.1) is 0 Å². The van der Waals surface area contributed by atoms with Crippen molar-refractivity contribution in [1.29, 1.82) is 0 Å². The fourth-order valence-electron chi connectivity index (χ4n) is 5.66. The highest BCUT2D eigenvalue weighted by atomic mass is 35.5. The summed E-state index contributed by atoms with van der Waals surface area (Å²) < 4.78 is 28.1. The smallest absolute Gasteiger partial charge is 0.272 e. The Morgan fingerprint density at radius 1 is 1.14 bits per heavy atom. The van der Waals surface area contributed by atoms with Crippen LogP contribution in [0.1, 0.15) is 59.4 Å². The number of benzene rings is 2. The maximum absolute atomic E-state index is 13.5. The van der Waals surface area contributed by atoms with Gasteiger partial charge in [0.05, 0.1) is 27.9 Å². The zero-order valence-electron chi connectivity index (χ0n) is 19.4. The summed E-state index contributed by atoms with van der Waals surface area (Å²) in [5.74, 6) is -0.0699. The van der Waals surface area contributed by atoms with Crippen LogP contribution < -0.4 is 5.32 Å². The number of halogens is 3. The van der Waals surface area contributed by atoms with Crippen LogP contribution in [0.5, 0.6) is 0 Å². The van der Waals surface area contributed by atoms with Crippen molar-refractivity contribution >= 4 is 51.6 Å². The molecule has 2 aromatic carbocycles. The number of hydrogen-bond acceptors (Lipinski definition) is 3. The molecule has 3 aromatic rings. The Morgan fingerprint density at radius 3 is 2.61 bits per heavy atom. The molecule has 2 heterocycles. The van der Waals surface area contributed by atoms with Gasteiger partial charge in [0, 0.05) is 27.4 Å². The molecule has 0 radical (unpaired) electrons. The standard InChI is InChI=1S/C27H24Cl2FN3O2S/c28-18-5-8-22(21(29)12-18)33-25-17(11-16-3-6-19(30)7-4-16)14-36(35)15-20(25)24(32-33)26(34)31-23-13-27(23)9-1-2-10-27/h3-8,11-12,23H,1-2,9-10,13-15H2,(H,31,34)/b17-11+. The van der Waals surface area contributed by atoms with Crippen LogP contribution in [0.3, 0.4) is 0 Å². The molecule has 1 spiro atoms. The number of hydrogen-bond donors (Lipinski definition) is 1. The van der Waals surface area contributed by atoms with Crippen molar-refractivity contribution in [2.24, 2.45) is 5.41 Å². The molecular formula is C27H24Cl2FN3O2S. The Bertz CT molecular complexity index is 1430. The molecule has 6 rings (SSSR count). The number of fused-ring (bicyclic) bond motifs is 1. The van der Waals surface area contributed by atoms with Crippen molar-refractivity contribution in [3.8, 4) is 5.69 Å². The van der Waals surface area contributed by atoms with Crippen LogP contribution in [-0.2, 0) is 16.6 Å². The third-order valence-corrected chi connectivity index (χ3v) is 9.35. The van der Waals surface area contributed by atoms with Crippen LogP contribution in [0.25, 0.3) is 17.3 Å². The van der Waals surface area contributed by atoms with Crippen LogP contribution in [0.15, 0.2) is 42.5 Å². The predicted molar refractivity (Wildman–Crippen MR) is 141 cm³/mol. The first kappa shape index (κ1) is 23.9. The van der Waals surface area contributed by atoms with Crippen molar-refractivity contribution in [3.05, 3.63) is 80.8 Å². The van der Waals surface area contributed by atoms with Crippen molar-refractivity contribution < 1.29 is 13.4 Å². The van der Waals surface area contributed by atoms with Gasteiger partial charge in [0.25, 0.3) is 5.91 Å². The predicted octanol–water partition coefficient (Wildman–Crippen LogP) is 6.18. The van der Waals surface area contributed by atoms with E-state index in [0.29, 0.717) is 27.0 Å². The second-order valence-corrected chi connectivity index (χ2v) is 12.2. The van der Waals surface area contributed by atoms with Crippen molar-refractivity contribution in [2.75, 3.05) is 5.75 Å². The molecule has 0 saturated heterocycles. The first-order valence-corrected chi connectivity index (χ1v) is 14.3. The highest BCUT2D eigenvalue weighted by Crippen LogP contribution is 2.57. The van der Waals surface area contributed by atoms with Crippen LogP contribution in [0, 0.1) is 11.2 Å². The minimum absolute atomic E-state index is 0.163. The quantitative estimate of drug-likeness (QED) is 0.427. The Balaban J connectivity index is 1.46. The van der Waals surface area contributed by atoms with Gasteiger partial charge >= 0.3 is 0 Å². The molecule has 2 saturated carbocycles.